The first-order valence-corrected chi connectivity index (χ1v) is 8.35. The molecule has 0 spiro atoms. The van der Waals surface area contributed by atoms with E-state index < -0.39 is 5.41 Å². The molecule has 0 aliphatic rings. The monoisotopic (exact) mass is 414 g/mol. The van der Waals surface area contributed by atoms with Crippen LogP contribution in [0.3, 0.4) is 0 Å². The zero-order valence-corrected chi connectivity index (χ0v) is 16.1. The van der Waals surface area contributed by atoms with Crippen molar-refractivity contribution in [3.8, 4) is 24.0 Å². The fourth-order valence-corrected chi connectivity index (χ4v) is 3.62. The van der Waals surface area contributed by atoms with Crippen LogP contribution in [0.5, 0.6) is 11.5 Å². The maximum absolute atomic E-state index is 8.64. The second kappa shape index (κ2) is 7.60. The Kier molecular flexibility index (Phi) is 5.93. The van der Waals surface area contributed by atoms with Crippen molar-refractivity contribution in [1.29, 1.82) is 10.5 Å². The van der Waals surface area contributed by atoms with Gasteiger partial charge in [-0.3, -0.25) is 0 Å². The minimum Gasteiger partial charge on any atom is -0.386 e. The van der Waals surface area contributed by atoms with Crippen molar-refractivity contribution in [1.82, 2.24) is 0 Å². The molecule has 0 amide bonds. The minimum absolute atomic E-state index is 0.125. The van der Waals surface area contributed by atoms with Gasteiger partial charge < -0.3 is 9.47 Å². The van der Waals surface area contributed by atoms with Gasteiger partial charge in [-0.1, -0.05) is 72.4 Å². The van der Waals surface area contributed by atoms with E-state index >= 15 is 0 Å². The third-order valence-electron chi connectivity index (χ3n) is 3.75. The lowest BCUT2D eigenvalue weighted by Crippen LogP contribution is -2.20. The van der Waals surface area contributed by atoms with E-state index in [0.29, 0.717) is 11.1 Å². The second-order valence-corrected chi connectivity index (χ2v) is 7.00. The van der Waals surface area contributed by atoms with Crippen LogP contribution in [0.1, 0.15) is 25.0 Å². The average Bonchev–Trinajstić information content (AvgIpc) is 2.56. The van der Waals surface area contributed by atoms with Crippen LogP contribution in [0, 0.1) is 23.0 Å². The second-order valence-electron chi connectivity index (χ2n) is 5.49. The van der Waals surface area contributed by atoms with Crippen LogP contribution in [0.15, 0.2) is 24.3 Å². The molecule has 0 bridgehead atoms. The summed E-state index contributed by atoms with van der Waals surface area (Å²) in [5.74, 6) is 0.325. The van der Waals surface area contributed by atoms with Crippen LogP contribution in [-0.2, 0) is 5.41 Å². The Bertz CT molecular complexity index is 841. The summed E-state index contributed by atoms with van der Waals surface area (Å²) in [6.45, 7) is 3.77. The first kappa shape index (κ1) is 19.5. The molecule has 8 heteroatoms. The molecule has 4 nitrogen and oxygen atoms in total. The lowest BCUT2D eigenvalue weighted by atomic mass is 9.78. The van der Waals surface area contributed by atoms with Gasteiger partial charge in [0.15, 0.2) is 11.5 Å². The molecule has 0 unspecified atom stereocenters. The summed E-state index contributed by atoms with van der Waals surface area (Å²) < 4.78 is 9.54. The highest BCUT2D eigenvalue weighted by atomic mass is 35.5. The maximum atomic E-state index is 8.64. The van der Waals surface area contributed by atoms with Crippen LogP contribution in [0.25, 0.3) is 0 Å². The van der Waals surface area contributed by atoms with Gasteiger partial charge in [-0.05, 0) is 23.3 Å². The Morgan fingerprint density at radius 1 is 0.720 bits per heavy atom. The summed E-state index contributed by atoms with van der Waals surface area (Å²) in [6.07, 6.45) is 3.11. The molecule has 0 heterocycles. The van der Waals surface area contributed by atoms with E-state index in [4.69, 9.17) is 66.4 Å². The molecule has 0 radical (unpaired) electrons. The topological polar surface area (TPSA) is 66.0 Å². The Balaban J connectivity index is 2.61. The van der Waals surface area contributed by atoms with Crippen LogP contribution >= 0.6 is 46.4 Å². The molecule has 0 aliphatic heterocycles. The van der Waals surface area contributed by atoms with Gasteiger partial charge in [0.05, 0.1) is 10.0 Å². The molecule has 0 N–H and O–H groups in total. The Morgan fingerprint density at radius 3 is 1.40 bits per heavy atom. The fourth-order valence-electron chi connectivity index (χ4n) is 2.43. The van der Waals surface area contributed by atoms with Crippen LogP contribution < -0.4 is 9.47 Å². The lowest BCUT2D eigenvalue weighted by Gasteiger charge is -2.29. The smallest absolute Gasteiger partial charge is 0.292 e. The van der Waals surface area contributed by atoms with Gasteiger partial charge in [0.1, 0.15) is 10.0 Å². The van der Waals surface area contributed by atoms with Gasteiger partial charge in [-0.25, -0.2) is 0 Å². The van der Waals surface area contributed by atoms with Gasteiger partial charge in [-0.2, -0.15) is 0 Å². The zero-order chi connectivity index (χ0) is 18.8. The first-order valence-electron chi connectivity index (χ1n) is 6.84. The van der Waals surface area contributed by atoms with Crippen molar-refractivity contribution in [2.24, 2.45) is 0 Å². The van der Waals surface area contributed by atoms with E-state index in [0.717, 1.165) is 0 Å². The summed E-state index contributed by atoms with van der Waals surface area (Å²) >= 11 is 25.1. The van der Waals surface area contributed by atoms with Crippen molar-refractivity contribution in [3.63, 3.8) is 0 Å². The number of hydrogen-bond acceptors (Lipinski definition) is 4. The number of hydrogen-bond donors (Lipinski definition) is 0. The Hall–Kier alpha value is -1.82. The molecule has 2 aromatic rings. The molecule has 0 fully saturated rings. The molecule has 2 rings (SSSR count). The summed E-state index contributed by atoms with van der Waals surface area (Å²) in [5.41, 5.74) is 0.644. The first-order chi connectivity index (χ1) is 11.8. The van der Waals surface area contributed by atoms with E-state index in [1.807, 2.05) is 13.8 Å². The normalized spacial score (nSPS) is 10.7. The van der Waals surface area contributed by atoms with Crippen LogP contribution in [0.2, 0.25) is 20.1 Å². The molecule has 25 heavy (non-hydrogen) atoms. The summed E-state index contributed by atoms with van der Waals surface area (Å²) in [7, 11) is 0. The summed E-state index contributed by atoms with van der Waals surface area (Å²) in [4.78, 5) is 0. The highest BCUT2D eigenvalue weighted by Crippen LogP contribution is 2.46. The van der Waals surface area contributed by atoms with E-state index in [2.05, 4.69) is 0 Å². The van der Waals surface area contributed by atoms with Gasteiger partial charge in [0, 0.05) is 5.41 Å². The minimum atomic E-state index is -0.683. The maximum Gasteiger partial charge on any atom is 0.292 e. The molecule has 0 saturated heterocycles. The molecular weight excluding hydrogens is 406 g/mol. The lowest BCUT2D eigenvalue weighted by molar-refractivity contribution is 0.505. The fraction of sp³-hybridized carbons (Fsp3) is 0.176. The Labute approximate surface area is 165 Å². The average molecular weight is 416 g/mol. The van der Waals surface area contributed by atoms with Crippen LogP contribution in [-0.4, -0.2) is 0 Å². The van der Waals surface area contributed by atoms with Crippen LogP contribution in [0.4, 0.5) is 0 Å². The van der Waals surface area contributed by atoms with E-state index in [1.165, 1.54) is 0 Å². The third-order valence-corrected chi connectivity index (χ3v) is 5.48. The number of rotatable bonds is 4. The molecule has 0 atom stereocenters. The van der Waals surface area contributed by atoms with Gasteiger partial charge >= 0.3 is 0 Å². The molecule has 0 aliphatic carbocycles. The van der Waals surface area contributed by atoms with Crippen molar-refractivity contribution < 1.29 is 9.47 Å². The zero-order valence-electron chi connectivity index (χ0n) is 13.0. The number of nitriles is 2. The molecule has 0 saturated carbocycles. The van der Waals surface area contributed by atoms with Crippen molar-refractivity contribution in [2.75, 3.05) is 0 Å². The standard InChI is InChI=1S/C17H10Cl4N2O2/c1-17(2,9-3-5-11(24-7-22)15(20)13(9)18)10-4-6-12(25-8-23)16(21)14(10)19/h3-6H,1-2H3. The van der Waals surface area contributed by atoms with E-state index in [9.17, 15) is 0 Å². The Morgan fingerprint density at radius 2 is 1.08 bits per heavy atom. The van der Waals surface area contributed by atoms with E-state index in [1.54, 1.807) is 36.8 Å². The largest absolute Gasteiger partial charge is 0.386 e. The summed E-state index contributed by atoms with van der Waals surface area (Å²) in [6, 6.07) is 6.50. The van der Waals surface area contributed by atoms with Gasteiger partial charge in [-0.15, -0.1) is 10.5 Å². The number of benzene rings is 2. The van der Waals surface area contributed by atoms with E-state index in [-0.39, 0.29) is 31.6 Å². The number of ether oxygens (including phenoxy) is 2. The quantitative estimate of drug-likeness (QED) is 0.546. The predicted molar refractivity (Wildman–Crippen MR) is 97.5 cm³/mol. The molecular formula is C17H10Cl4N2O2. The molecule has 2 aromatic carbocycles. The highest BCUT2D eigenvalue weighted by Gasteiger charge is 2.31. The van der Waals surface area contributed by atoms with Crippen molar-refractivity contribution >= 4 is 46.4 Å². The SMILES string of the molecule is CC(C)(c1ccc(OC#N)c(Cl)c1Cl)c1ccc(OC#N)c(Cl)c1Cl. The summed E-state index contributed by atoms with van der Waals surface area (Å²) in [5, 5.41) is 18.0. The van der Waals surface area contributed by atoms with Crippen molar-refractivity contribution in [3.05, 3.63) is 55.5 Å². The number of halogens is 4. The third kappa shape index (κ3) is 3.59. The molecule has 128 valence electrons. The van der Waals surface area contributed by atoms with Gasteiger partial charge in [0.25, 0.3) is 12.5 Å². The van der Waals surface area contributed by atoms with Crippen molar-refractivity contribution in [2.45, 2.75) is 19.3 Å². The number of nitrogens with zero attached hydrogens (tertiary/aromatic N) is 2. The molecule has 0 aromatic heterocycles. The predicted octanol–water partition coefficient (Wildman–Crippen LogP) is 6.35. The van der Waals surface area contributed by atoms with Gasteiger partial charge in [0.2, 0.25) is 0 Å². The highest BCUT2D eigenvalue weighted by molar-refractivity contribution is 6.44.